The molecule has 0 aliphatic rings. The van der Waals surface area contributed by atoms with Gasteiger partial charge < -0.3 is 10.6 Å². The zero-order valence-corrected chi connectivity index (χ0v) is 16.7. The van der Waals surface area contributed by atoms with E-state index in [1.807, 2.05) is 36.7 Å². The van der Waals surface area contributed by atoms with Crippen molar-refractivity contribution in [2.45, 2.75) is 34.2 Å². The molecule has 6 heteroatoms. The first kappa shape index (κ1) is 19.0. The normalized spacial score (nSPS) is 10.7. The van der Waals surface area contributed by atoms with E-state index in [1.54, 1.807) is 6.07 Å². The molecule has 0 spiro atoms. The van der Waals surface area contributed by atoms with Crippen LogP contribution in [0.3, 0.4) is 0 Å². The lowest BCUT2D eigenvalue weighted by Gasteiger charge is -2.12. The van der Waals surface area contributed by atoms with E-state index in [-0.39, 0.29) is 5.82 Å². The van der Waals surface area contributed by atoms with Crippen LogP contribution in [0.1, 0.15) is 28.1 Å². The highest BCUT2D eigenvalue weighted by molar-refractivity contribution is 7.80. The third-order valence-electron chi connectivity index (χ3n) is 4.32. The first-order chi connectivity index (χ1) is 12.8. The molecule has 0 unspecified atom stereocenters. The lowest BCUT2D eigenvalue weighted by molar-refractivity contribution is 0.616. The zero-order chi connectivity index (χ0) is 19.6. The minimum atomic E-state index is -0.244. The zero-order valence-electron chi connectivity index (χ0n) is 15.9. The Bertz CT molecular complexity index is 974. The van der Waals surface area contributed by atoms with Gasteiger partial charge in [0.25, 0.3) is 0 Å². The summed E-state index contributed by atoms with van der Waals surface area (Å²) in [5.41, 5.74) is 6.82. The molecular formula is C21H23FN4S. The Morgan fingerprint density at radius 2 is 1.74 bits per heavy atom. The lowest BCUT2D eigenvalue weighted by Crippen LogP contribution is -2.20. The van der Waals surface area contributed by atoms with Gasteiger partial charge in [-0.15, -0.1) is 0 Å². The van der Waals surface area contributed by atoms with Crippen LogP contribution in [-0.2, 0) is 6.54 Å². The quantitative estimate of drug-likeness (QED) is 0.615. The van der Waals surface area contributed by atoms with E-state index < -0.39 is 0 Å². The molecule has 3 rings (SSSR count). The maximum Gasteiger partial charge on any atom is 0.175 e. The second-order valence-electron chi connectivity index (χ2n) is 6.79. The van der Waals surface area contributed by atoms with Crippen LogP contribution < -0.4 is 10.6 Å². The summed E-state index contributed by atoms with van der Waals surface area (Å²) < 4.78 is 15.3. The molecular weight excluding hydrogens is 359 g/mol. The van der Waals surface area contributed by atoms with Crippen LogP contribution in [0.5, 0.6) is 0 Å². The van der Waals surface area contributed by atoms with Gasteiger partial charge in [0.2, 0.25) is 0 Å². The van der Waals surface area contributed by atoms with Gasteiger partial charge in [0.05, 0.1) is 23.6 Å². The van der Waals surface area contributed by atoms with Crippen LogP contribution >= 0.6 is 12.2 Å². The number of aryl methyl sites for hydroxylation is 3. The van der Waals surface area contributed by atoms with Gasteiger partial charge in [-0.05, 0) is 80.9 Å². The van der Waals surface area contributed by atoms with E-state index in [9.17, 15) is 4.39 Å². The number of rotatable bonds is 4. The molecule has 0 aliphatic carbocycles. The SMILES string of the molecule is Cc1cc(C)cc(NC(=S)Nc2c(C)nn(Cc3cccc(F)c3)c2C)c1. The number of halogens is 1. The fourth-order valence-corrected chi connectivity index (χ4v) is 3.38. The minimum Gasteiger partial charge on any atom is -0.332 e. The van der Waals surface area contributed by atoms with Crippen molar-refractivity contribution in [3.8, 4) is 0 Å². The summed E-state index contributed by atoms with van der Waals surface area (Å²) in [7, 11) is 0. The smallest absolute Gasteiger partial charge is 0.175 e. The molecule has 0 amide bonds. The Hall–Kier alpha value is -2.73. The molecule has 0 atom stereocenters. The van der Waals surface area contributed by atoms with Crippen LogP contribution in [0.2, 0.25) is 0 Å². The molecule has 140 valence electrons. The van der Waals surface area contributed by atoms with Gasteiger partial charge in [-0.25, -0.2) is 4.39 Å². The highest BCUT2D eigenvalue weighted by Gasteiger charge is 2.13. The Balaban J connectivity index is 1.75. The third kappa shape index (κ3) is 4.71. The average molecular weight is 383 g/mol. The Morgan fingerprint density at radius 1 is 1.04 bits per heavy atom. The maximum absolute atomic E-state index is 13.4. The Kier molecular flexibility index (Phi) is 5.56. The first-order valence-electron chi connectivity index (χ1n) is 8.76. The second kappa shape index (κ2) is 7.88. The summed E-state index contributed by atoms with van der Waals surface area (Å²) in [6, 6.07) is 12.8. The number of benzene rings is 2. The molecule has 1 aromatic heterocycles. The number of thiocarbonyl (C=S) groups is 1. The Labute approximate surface area is 164 Å². The monoisotopic (exact) mass is 382 g/mol. The molecule has 0 bridgehead atoms. The predicted molar refractivity (Wildman–Crippen MR) is 113 cm³/mol. The van der Waals surface area contributed by atoms with E-state index >= 15 is 0 Å². The minimum absolute atomic E-state index is 0.244. The van der Waals surface area contributed by atoms with Gasteiger partial charge in [0.15, 0.2) is 5.11 Å². The highest BCUT2D eigenvalue weighted by Crippen LogP contribution is 2.21. The molecule has 0 saturated carbocycles. The van der Waals surface area contributed by atoms with Crippen molar-refractivity contribution in [1.82, 2.24) is 9.78 Å². The number of hydrogen-bond donors (Lipinski definition) is 2. The fourth-order valence-electron chi connectivity index (χ4n) is 3.16. The number of aromatic nitrogens is 2. The molecule has 0 fully saturated rings. The summed E-state index contributed by atoms with van der Waals surface area (Å²) in [6.45, 7) is 8.51. The van der Waals surface area contributed by atoms with E-state index in [0.717, 1.165) is 28.3 Å². The van der Waals surface area contributed by atoms with Crippen molar-refractivity contribution in [3.05, 3.63) is 76.4 Å². The van der Waals surface area contributed by atoms with Crippen molar-refractivity contribution in [2.24, 2.45) is 0 Å². The van der Waals surface area contributed by atoms with E-state index in [4.69, 9.17) is 12.2 Å². The topological polar surface area (TPSA) is 41.9 Å². The largest absolute Gasteiger partial charge is 0.332 e. The van der Waals surface area contributed by atoms with Gasteiger partial charge in [-0.2, -0.15) is 5.10 Å². The molecule has 1 heterocycles. The summed E-state index contributed by atoms with van der Waals surface area (Å²) in [4.78, 5) is 0. The summed E-state index contributed by atoms with van der Waals surface area (Å²) in [6.07, 6.45) is 0. The molecule has 3 aromatic rings. The van der Waals surface area contributed by atoms with Crippen LogP contribution in [0.25, 0.3) is 0 Å². The standard InChI is InChI=1S/C21H23FN4S/c1-13-8-14(2)10-19(9-13)23-21(27)24-20-15(3)25-26(16(20)4)12-17-6-5-7-18(22)11-17/h5-11H,12H2,1-4H3,(H2,23,24,27). The molecule has 2 aromatic carbocycles. The third-order valence-corrected chi connectivity index (χ3v) is 4.53. The number of nitrogens with one attached hydrogen (secondary N) is 2. The predicted octanol–water partition coefficient (Wildman–Crippen LogP) is 5.11. The number of anilines is 2. The molecule has 0 saturated heterocycles. The average Bonchev–Trinajstić information content (AvgIpc) is 2.81. The molecule has 0 aliphatic heterocycles. The summed E-state index contributed by atoms with van der Waals surface area (Å²) in [5.74, 6) is -0.244. The summed E-state index contributed by atoms with van der Waals surface area (Å²) >= 11 is 5.47. The van der Waals surface area contributed by atoms with E-state index in [0.29, 0.717) is 11.7 Å². The van der Waals surface area contributed by atoms with Crippen LogP contribution in [0.15, 0.2) is 42.5 Å². The van der Waals surface area contributed by atoms with E-state index in [1.165, 1.54) is 23.3 Å². The second-order valence-corrected chi connectivity index (χ2v) is 7.20. The van der Waals surface area contributed by atoms with Gasteiger partial charge >= 0.3 is 0 Å². The van der Waals surface area contributed by atoms with Crippen molar-refractivity contribution in [3.63, 3.8) is 0 Å². The fraction of sp³-hybridized carbons (Fsp3) is 0.238. The van der Waals surface area contributed by atoms with Crippen LogP contribution in [-0.4, -0.2) is 14.9 Å². The molecule has 0 radical (unpaired) electrons. The van der Waals surface area contributed by atoms with Gasteiger partial charge in [-0.1, -0.05) is 18.2 Å². The van der Waals surface area contributed by atoms with Crippen molar-refractivity contribution in [1.29, 1.82) is 0 Å². The lowest BCUT2D eigenvalue weighted by atomic mass is 10.1. The van der Waals surface area contributed by atoms with Crippen LogP contribution in [0.4, 0.5) is 15.8 Å². The van der Waals surface area contributed by atoms with Crippen LogP contribution in [0, 0.1) is 33.5 Å². The van der Waals surface area contributed by atoms with Crippen molar-refractivity contribution in [2.75, 3.05) is 10.6 Å². The summed E-state index contributed by atoms with van der Waals surface area (Å²) in [5, 5.41) is 11.6. The highest BCUT2D eigenvalue weighted by atomic mass is 32.1. The molecule has 4 nitrogen and oxygen atoms in total. The van der Waals surface area contributed by atoms with Gasteiger partial charge in [-0.3, -0.25) is 4.68 Å². The van der Waals surface area contributed by atoms with Crippen molar-refractivity contribution >= 4 is 28.7 Å². The first-order valence-corrected chi connectivity index (χ1v) is 9.17. The van der Waals surface area contributed by atoms with E-state index in [2.05, 4.69) is 35.6 Å². The Morgan fingerprint density at radius 3 is 2.41 bits per heavy atom. The van der Waals surface area contributed by atoms with Gasteiger partial charge in [0.1, 0.15) is 5.82 Å². The van der Waals surface area contributed by atoms with Gasteiger partial charge in [0, 0.05) is 5.69 Å². The van der Waals surface area contributed by atoms with Crippen molar-refractivity contribution < 1.29 is 4.39 Å². The molecule has 27 heavy (non-hydrogen) atoms. The number of hydrogen-bond acceptors (Lipinski definition) is 2. The maximum atomic E-state index is 13.4. The number of nitrogens with zero attached hydrogens (tertiary/aromatic N) is 2. The molecule has 2 N–H and O–H groups in total.